The molecule has 1 atom stereocenters. The SMILES string of the molecule is CN(C)C[C@@H]1CCCCN1.Cl. The molecule has 1 saturated heterocycles. The van der Waals surface area contributed by atoms with Crippen molar-refractivity contribution in [3.8, 4) is 0 Å². The molecule has 1 N–H and O–H groups in total. The number of likely N-dealkylation sites (N-methyl/N-ethyl adjacent to an activating group) is 1. The Morgan fingerprint density at radius 1 is 1.36 bits per heavy atom. The molecule has 0 aromatic carbocycles. The van der Waals surface area contributed by atoms with Crippen molar-refractivity contribution in [1.82, 2.24) is 10.2 Å². The smallest absolute Gasteiger partial charge is 0.0194 e. The highest BCUT2D eigenvalue weighted by Crippen LogP contribution is 2.06. The molecule has 1 rings (SSSR count). The summed E-state index contributed by atoms with van der Waals surface area (Å²) >= 11 is 0. The Kier molecular flexibility index (Phi) is 5.92. The molecule has 2 nitrogen and oxygen atoms in total. The Morgan fingerprint density at radius 2 is 2.09 bits per heavy atom. The molecule has 1 aliphatic rings. The van der Waals surface area contributed by atoms with Crippen molar-refractivity contribution in [2.45, 2.75) is 25.3 Å². The molecular weight excluding hydrogens is 160 g/mol. The number of nitrogens with one attached hydrogen (secondary N) is 1. The van der Waals surface area contributed by atoms with Gasteiger partial charge in [-0.1, -0.05) is 6.42 Å². The normalized spacial score (nSPS) is 24.8. The molecule has 0 unspecified atom stereocenters. The summed E-state index contributed by atoms with van der Waals surface area (Å²) in [6.07, 6.45) is 4.13. The van der Waals surface area contributed by atoms with E-state index in [0.29, 0.717) is 0 Å². The Morgan fingerprint density at radius 3 is 2.55 bits per heavy atom. The fourth-order valence-corrected chi connectivity index (χ4v) is 1.52. The number of hydrogen-bond donors (Lipinski definition) is 1. The third-order valence-electron chi connectivity index (χ3n) is 2.00. The third kappa shape index (κ3) is 4.62. The Bertz CT molecular complexity index is 90.1. The lowest BCUT2D eigenvalue weighted by Gasteiger charge is -2.25. The molecule has 1 fully saturated rings. The van der Waals surface area contributed by atoms with Crippen molar-refractivity contribution in [3.63, 3.8) is 0 Å². The zero-order valence-electron chi connectivity index (χ0n) is 7.47. The molecule has 3 heteroatoms. The predicted molar refractivity (Wildman–Crippen MR) is 51.4 cm³/mol. The lowest BCUT2D eigenvalue weighted by atomic mass is 10.1. The van der Waals surface area contributed by atoms with Crippen LogP contribution >= 0.6 is 12.4 Å². The molecule has 0 saturated carbocycles. The minimum atomic E-state index is 0. The molecule has 0 bridgehead atoms. The van der Waals surface area contributed by atoms with Gasteiger partial charge in [0.1, 0.15) is 0 Å². The van der Waals surface area contributed by atoms with E-state index in [-0.39, 0.29) is 12.4 Å². The standard InChI is InChI=1S/C8H18N2.ClH/c1-10(2)7-8-5-3-4-6-9-8;/h8-9H,3-7H2,1-2H3;1H/t8-;/m0./s1. The summed E-state index contributed by atoms with van der Waals surface area (Å²) in [5, 5.41) is 3.51. The number of hydrogen-bond acceptors (Lipinski definition) is 2. The van der Waals surface area contributed by atoms with Gasteiger partial charge >= 0.3 is 0 Å². The Balaban J connectivity index is 0.000001000. The molecule has 11 heavy (non-hydrogen) atoms. The fraction of sp³-hybridized carbons (Fsp3) is 1.00. The van der Waals surface area contributed by atoms with E-state index in [1.807, 2.05) is 0 Å². The molecule has 1 aliphatic heterocycles. The fourth-order valence-electron chi connectivity index (χ4n) is 1.52. The summed E-state index contributed by atoms with van der Waals surface area (Å²) in [7, 11) is 4.27. The van der Waals surface area contributed by atoms with Gasteiger partial charge in [-0.15, -0.1) is 12.4 Å². The number of rotatable bonds is 2. The second kappa shape index (κ2) is 5.81. The second-order valence-electron chi connectivity index (χ2n) is 3.41. The van der Waals surface area contributed by atoms with Crippen LogP contribution < -0.4 is 5.32 Å². The van der Waals surface area contributed by atoms with Crippen LogP contribution in [0.4, 0.5) is 0 Å². The van der Waals surface area contributed by atoms with E-state index in [0.717, 1.165) is 6.04 Å². The van der Waals surface area contributed by atoms with Crippen LogP contribution in [0.3, 0.4) is 0 Å². The molecule has 0 aromatic rings. The van der Waals surface area contributed by atoms with E-state index in [4.69, 9.17) is 0 Å². The Hall–Kier alpha value is 0.210. The highest BCUT2D eigenvalue weighted by Gasteiger charge is 2.11. The average molecular weight is 179 g/mol. The first-order chi connectivity index (χ1) is 4.79. The first kappa shape index (κ1) is 11.2. The van der Waals surface area contributed by atoms with Crippen molar-refractivity contribution in [3.05, 3.63) is 0 Å². The van der Waals surface area contributed by atoms with Gasteiger partial charge in [-0.2, -0.15) is 0 Å². The van der Waals surface area contributed by atoms with E-state index < -0.39 is 0 Å². The summed E-state index contributed by atoms with van der Waals surface area (Å²) in [5.74, 6) is 0. The van der Waals surface area contributed by atoms with Crippen LogP contribution in [0.15, 0.2) is 0 Å². The van der Waals surface area contributed by atoms with Crippen LogP contribution in [0.5, 0.6) is 0 Å². The van der Waals surface area contributed by atoms with Gasteiger partial charge in [0.05, 0.1) is 0 Å². The van der Waals surface area contributed by atoms with Crippen LogP contribution in [0.25, 0.3) is 0 Å². The molecule has 0 aliphatic carbocycles. The van der Waals surface area contributed by atoms with E-state index in [9.17, 15) is 0 Å². The maximum atomic E-state index is 3.51. The topological polar surface area (TPSA) is 15.3 Å². The predicted octanol–water partition coefficient (Wildman–Crippen LogP) is 1.11. The van der Waals surface area contributed by atoms with Crippen LogP contribution in [0.1, 0.15) is 19.3 Å². The molecular formula is C8H19ClN2. The van der Waals surface area contributed by atoms with Gasteiger partial charge in [-0.05, 0) is 33.5 Å². The van der Waals surface area contributed by atoms with Crippen LogP contribution in [-0.2, 0) is 0 Å². The van der Waals surface area contributed by atoms with Crippen LogP contribution in [-0.4, -0.2) is 38.1 Å². The summed E-state index contributed by atoms with van der Waals surface area (Å²) in [5.41, 5.74) is 0. The van der Waals surface area contributed by atoms with Crippen molar-refractivity contribution in [2.75, 3.05) is 27.2 Å². The monoisotopic (exact) mass is 178 g/mol. The largest absolute Gasteiger partial charge is 0.313 e. The molecule has 0 aromatic heterocycles. The van der Waals surface area contributed by atoms with E-state index >= 15 is 0 Å². The maximum absolute atomic E-state index is 3.51. The molecule has 0 radical (unpaired) electrons. The van der Waals surface area contributed by atoms with Gasteiger partial charge in [0.2, 0.25) is 0 Å². The summed E-state index contributed by atoms with van der Waals surface area (Å²) in [6.45, 7) is 2.42. The van der Waals surface area contributed by atoms with E-state index in [2.05, 4.69) is 24.3 Å². The molecule has 1 heterocycles. The third-order valence-corrected chi connectivity index (χ3v) is 2.00. The maximum Gasteiger partial charge on any atom is 0.0194 e. The quantitative estimate of drug-likeness (QED) is 0.682. The highest BCUT2D eigenvalue weighted by atomic mass is 35.5. The Labute approximate surface area is 75.8 Å². The van der Waals surface area contributed by atoms with E-state index in [1.165, 1.54) is 32.4 Å². The van der Waals surface area contributed by atoms with Crippen molar-refractivity contribution in [1.29, 1.82) is 0 Å². The van der Waals surface area contributed by atoms with Crippen LogP contribution in [0.2, 0.25) is 0 Å². The van der Waals surface area contributed by atoms with Gasteiger partial charge in [0.25, 0.3) is 0 Å². The lowest BCUT2D eigenvalue weighted by molar-refractivity contribution is 0.298. The van der Waals surface area contributed by atoms with Crippen molar-refractivity contribution < 1.29 is 0 Å². The number of piperidine rings is 1. The summed E-state index contributed by atoms with van der Waals surface area (Å²) in [6, 6.07) is 0.753. The first-order valence-electron chi connectivity index (χ1n) is 4.17. The lowest BCUT2D eigenvalue weighted by Crippen LogP contribution is -2.41. The van der Waals surface area contributed by atoms with Gasteiger partial charge < -0.3 is 10.2 Å². The van der Waals surface area contributed by atoms with Gasteiger partial charge in [0, 0.05) is 12.6 Å². The van der Waals surface area contributed by atoms with Gasteiger partial charge in [0.15, 0.2) is 0 Å². The number of nitrogens with zero attached hydrogens (tertiary/aromatic N) is 1. The minimum absolute atomic E-state index is 0. The van der Waals surface area contributed by atoms with Gasteiger partial charge in [-0.25, -0.2) is 0 Å². The first-order valence-corrected chi connectivity index (χ1v) is 4.17. The molecule has 68 valence electrons. The summed E-state index contributed by atoms with van der Waals surface area (Å²) < 4.78 is 0. The van der Waals surface area contributed by atoms with E-state index in [1.54, 1.807) is 0 Å². The molecule has 0 amide bonds. The zero-order valence-corrected chi connectivity index (χ0v) is 8.28. The minimum Gasteiger partial charge on any atom is -0.313 e. The van der Waals surface area contributed by atoms with Crippen LogP contribution in [0, 0.1) is 0 Å². The van der Waals surface area contributed by atoms with Crippen molar-refractivity contribution in [2.24, 2.45) is 0 Å². The zero-order chi connectivity index (χ0) is 7.40. The second-order valence-corrected chi connectivity index (χ2v) is 3.41. The number of halogens is 1. The average Bonchev–Trinajstić information content (AvgIpc) is 1.88. The molecule has 0 spiro atoms. The van der Waals surface area contributed by atoms with Crippen molar-refractivity contribution >= 4 is 12.4 Å². The summed E-state index contributed by atoms with van der Waals surface area (Å²) in [4.78, 5) is 2.25. The van der Waals surface area contributed by atoms with Gasteiger partial charge in [-0.3, -0.25) is 0 Å². The highest BCUT2D eigenvalue weighted by molar-refractivity contribution is 5.85.